The summed E-state index contributed by atoms with van der Waals surface area (Å²) in [7, 11) is 0. The minimum atomic E-state index is -5.08. The SMILES string of the molecule is CC(C)c1nc(C(=O)N2CCOC3(CCN(Cc4cc(F)cc(CCOCCC(=O)N(CCNCCc5ccc(O)c6c5OCC(=O)N6)C5CCCCC5)c4)CC3)C2)cs1.O=C(O)C(F)(F)F.O=C(O)C(F)(F)F. The van der Waals surface area contributed by atoms with E-state index in [1.807, 2.05) is 21.2 Å². The van der Waals surface area contributed by atoms with Crippen molar-refractivity contribution in [2.45, 2.75) is 115 Å². The fourth-order valence-corrected chi connectivity index (χ4v) is 9.73. The summed E-state index contributed by atoms with van der Waals surface area (Å²) in [4.78, 5) is 67.2. The number of phenols is 1. The average Bonchev–Trinajstić information content (AvgIpc) is 3.85. The number of phenolic OH excluding ortho intramolecular Hbond substituents is 1. The third kappa shape index (κ3) is 18.0. The number of nitrogens with zero attached hydrogens (tertiary/aromatic N) is 4. The predicted molar refractivity (Wildman–Crippen MR) is 256 cm³/mol. The van der Waals surface area contributed by atoms with Crippen molar-refractivity contribution in [3.05, 3.63) is 68.9 Å². The van der Waals surface area contributed by atoms with Crippen molar-refractivity contribution in [2.75, 3.05) is 77.6 Å². The van der Waals surface area contributed by atoms with Crippen LogP contribution in [0, 0.1) is 5.82 Å². The number of carbonyl (C=O) groups is 5. The maximum absolute atomic E-state index is 14.8. The molecule has 25 heteroatoms. The number of likely N-dealkylation sites (tertiary alicyclic amines) is 1. The molecule has 4 heterocycles. The number of fused-ring (bicyclic) bond motifs is 1. The maximum atomic E-state index is 14.8. The molecule has 7 rings (SSSR count). The van der Waals surface area contributed by atoms with Gasteiger partial charge in [-0.25, -0.2) is 19.0 Å². The van der Waals surface area contributed by atoms with E-state index in [2.05, 4.69) is 40.4 Å². The summed E-state index contributed by atoms with van der Waals surface area (Å²) in [6.45, 7) is 10.6. The Bertz CT molecular complexity index is 2350. The second-order valence-electron chi connectivity index (χ2n) is 18.6. The molecule has 3 aromatic rings. The molecule has 1 saturated carbocycles. The number of hydrogen-bond acceptors (Lipinski definition) is 13. The number of benzene rings is 2. The van der Waals surface area contributed by atoms with Crippen LogP contribution >= 0.6 is 11.3 Å². The van der Waals surface area contributed by atoms with E-state index in [-0.39, 0.29) is 47.5 Å². The number of rotatable bonds is 17. The normalized spacial score (nSPS) is 17.0. The molecule has 1 aromatic heterocycles. The van der Waals surface area contributed by atoms with Crippen molar-refractivity contribution >= 4 is 46.7 Å². The topological polar surface area (TPSA) is 220 Å². The molecular formula is C49H63F7N6O11S. The predicted octanol–water partition coefficient (Wildman–Crippen LogP) is 7.16. The average molecular weight is 1080 g/mol. The fraction of sp³-hybridized carbons (Fsp3) is 0.592. The molecule has 3 fully saturated rings. The van der Waals surface area contributed by atoms with E-state index >= 15 is 0 Å². The van der Waals surface area contributed by atoms with Gasteiger partial charge in [-0.3, -0.25) is 19.3 Å². The molecule has 2 saturated heterocycles. The molecule has 74 heavy (non-hydrogen) atoms. The van der Waals surface area contributed by atoms with E-state index < -0.39 is 24.3 Å². The monoisotopic (exact) mass is 1080 g/mol. The van der Waals surface area contributed by atoms with Crippen LogP contribution in [-0.4, -0.2) is 161 Å². The van der Waals surface area contributed by atoms with E-state index in [1.54, 1.807) is 18.2 Å². The summed E-state index contributed by atoms with van der Waals surface area (Å²) in [5.74, 6) is -5.22. The Morgan fingerprint density at radius 1 is 0.946 bits per heavy atom. The third-order valence-corrected chi connectivity index (χ3v) is 13.9. The van der Waals surface area contributed by atoms with Crippen LogP contribution in [0.25, 0.3) is 0 Å². The molecule has 3 aliphatic heterocycles. The Hall–Kier alpha value is -5.63. The first-order valence-corrected chi connectivity index (χ1v) is 25.2. The second-order valence-corrected chi connectivity index (χ2v) is 19.5. The van der Waals surface area contributed by atoms with E-state index in [0.717, 1.165) is 73.3 Å². The highest BCUT2D eigenvalue weighted by Gasteiger charge is 2.42. The van der Waals surface area contributed by atoms with Gasteiger partial charge in [-0.15, -0.1) is 11.3 Å². The van der Waals surface area contributed by atoms with Gasteiger partial charge in [0.2, 0.25) is 5.91 Å². The van der Waals surface area contributed by atoms with Crippen LogP contribution in [0.1, 0.15) is 103 Å². The number of hydrogen-bond donors (Lipinski definition) is 5. The summed E-state index contributed by atoms with van der Waals surface area (Å²) in [5, 5.41) is 33.4. The number of carboxylic acid groups (broad SMARTS) is 2. The molecule has 5 N–H and O–H groups in total. The molecule has 1 aliphatic carbocycles. The van der Waals surface area contributed by atoms with Gasteiger partial charge in [-0.1, -0.05) is 45.2 Å². The van der Waals surface area contributed by atoms with Crippen molar-refractivity contribution in [1.82, 2.24) is 25.0 Å². The maximum Gasteiger partial charge on any atom is 0.490 e. The first kappa shape index (κ1) is 59.2. The molecule has 0 bridgehead atoms. The number of aromatic hydroxyl groups is 1. The molecule has 1 spiro atoms. The van der Waals surface area contributed by atoms with Gasteiger partial charge in [0.25, 0.3) is 11.8 Å². The van der Waals surface area contributed by atoms with Crippen molar-refractivity contribution in [3.63, 3.8) is 0 Å². The zero-order valence-corrected chi connectivity index (χ0v) is 41.9. The quantitative estimate of drug-likeness (QED) is 0.0515. The van der Waals surface area contributed by atoms with Gasteiger partial charge in [-0.2, -0.15) is 26.3 Å². The minimum Gasteiger partial charge on any atom is -0.506 e. The van der Waals surface area contributed by atoms with Gasteiger partial charge in [0.05, 0.1) is 43.4 Å². The smallest absolute Gasteiger partial charge is 0.490 e. The molecule has 3 amide bonds. The molecular weight excluding hydrogens is 1010 g/mol. The van der Waals surface area contributed by atoms with E-state index in [4.69, 9.17) is 34.0 Å². The van der Waals surface area contributed by atoms with E-state index in [1.165, 1.54) is 17.8 Å². The lowest BCUT2D eigenvalue weighted by molar-refractivity contribution is -0.193. The lowest BCUT2D eigenvalue weighted by Gasteiger charge is -2.47. The van der Waals surface area contributed by atoms with Gasteiger partial charge in [0.1, 0.15) is 22.9 Å². The van der Waals surface area contributed by atoms with Crippen molar-refractivity contribution in [2.24, 2.45) is 0 Å². The van der Waals surface area contributed by atoms with E-state index in [9.17, 15) is 50.2 Å². The molecule has 0 radical (unpaired) electrons. The number of nitrogens with one attached hydrogen (secondary N) is 2. The summed E-state index contributed by atoms with van der Waals surface area (Å²) in [6, 6.07) is 8.82. The third-order valence-electron chi connectivity index (χ3n) is 12.7. The van der Waals surface area contributed by atoms with Crippen molar-refractivity contribution < 1.29 is 84.2 Å². The van der Waals surface area contributed by atoms with Crippen LogP contribution in [0.3, 0.4) is 0 Å². The standard InChI is InChI=1S/C45H61FN6O7S.2C2HF3O2/c1-31(2)43-48-37(29-60-43)44(56)51-20-23-59-45(30-51)13-17-50(18-14-45)27-33-24-32(25-35(46)26-33)11-21-57-22-12-40(55)52(36-6-4-3-5-7-36)19-16-47-15-10-34-8-9-38(53)41-42(34)58-28-39(54)49-41;2*3-2(4,5)1(6)7/h8-9,24-26,29,31,36,47,53H,3-7,10-23,27-28,30H2,1-2H3,(H,49,54);2*(H,6,7). The number of halogens is 7. The molecule has 4 aliphatic rings. The lowest BCUT2D eigenvalue weighted by Crippen LogP contribution is -2.58. The van der Waals surface area contributed by atoms with Crippen LogP contribution in [-0.2, 0) is 48.0 Å². The second kappa shape index (κ2) is 27.2. The number of anilines is 1. The highest BCUT2D eigenvalue weighted by Crippen LogP contribution is 2.39. The Balaban J connectivity index is 0.000000636. The molecule has 410 valence electrons. The molecule has 17 nitrogen and oxygen atoms in total. The zero-order valence-electron chi connectivity index (χ0n) is 41.1. The van der Waals surface area contributed by atoms with Gasteiger partial charge < -0.3 is 50.0 Å². The van der Waals surface area contributed by atoms with Gasteiger partial charge >= 0.3 is 24.3 Å². The van der Waals surface area contributed by atoms with Gasteiger partial charge in [-0.05, 0) is 80.0 Å². The van der Waals surface area contributed by atoms with Crippen LogP contribution in [0.15, 0.2) is 35.7 Å². The first-order valence-electron chi connectivity index (χ1n) is 24.3. The Kier molecular flexibility index (Phi) is 21.8. The number of piperidine rings is 1. The number of carbonyl (C=O) groups excluding carboxylic acids is 3. The molecule has 2 aromatic carbocycles. The molecule has 0 unspecified atom stereocenters. The lowest BCUT2D eigenvalue weighted by atomic mass is 9.89. The number of carboxylic acids is 2. The number of aliphatic carboxylic acids is 2. The van der Waals surface area contributed by atoms with Crippen LogP contribution in [0.5, 0.6) is 11.5 Å². The van der Waals surface area contributed by atoms with Gasteiger partial charge in [0, 0.05) is 56.6 Å². The Morgan fingerprint density at radius 3 is 2.24 bits per heavy atom. The Labute approximate surface area is 427 Å². The zero-order chi connectivity index (χ0) is 54.2. The van der Waals surface area contributed by atoms with Gasteiger partial charge in [0.15, 0.2) is 12.4 Å². The highest BCUT2D eigenvalue weighted by molar-refractivity contribution is 7.09. The summed E-state index contributed by atoms with van der Waals surface area (Å²) in [6.07, 6.45) is -1.61. The number of amides is 3. The number of alkyl halides is 6. The van der Waals surface area contributed by atoms with Crippen LogP contribution in [0.2, 0.25) is 0 Å². The van der Waals surface area contributed by atoms with Crippen molar-refractivity contribution in [3.8, 4) is 11.5 Å². The first-order chi connectivity index (χ1) is 34.9. The van der Waals surface area contributed by atoms with E-state index in [0.29, 0.717) is 101 Å². The minimum absolute atomic E-state index is 0.0192. The number of ether oxygens (including phenoxy) is 3. The summed E-state index contributed by atoms with van der Waals surface area (Å²) < 4.78 is 96.2. The number of thiazole rings is 1. The summed E-state index contributed by atoms with van der Waals surface area (Å²) in [5.41, 5.74) is 3.15. The Morgan fingerprint density at radius 2 is 1.61 bits per heavy atom. The molecule has 0 atom stereocenters. The number of morpholine rings is 1. The fourth-order valence-electron chi connectivity index (χ4n) is 8.92. The van der Waals surface area contributed by atoms with Crippen molar-refractivity contribution in [1.29, 1.82) is 0 Å². The van der Waals surface area contributed by atoms with Crippen LogP contribution in [0.4, 0.5) is 36.4 Å². The van der Waals surface area contributed by atoms with Crippen LogP contribution < -0.4 is 15.4 Å². The number of aromatic nitrogens is 1. The largest absolute Gasteiger partial charge is 0.506 e. The highest BCUT2D eigenvalue weighted by atomic mass is 32.1. The summed E-state index contributed by atoms with van der Waals surface area (Å²) >= 11 is 1.54.